The van der Waals surface area contributed by atoms with E-state index in [1.165, 1.54) is 0 Å². The van der Waals surface area contributed by atoms with Crippen molar-refractivity contribution in [3.05, 3.63) is 17.5 Å². The van der Waals surface area contributed by atoms with Gasteiger partial charge in [0.15, 0.2) is 5.76 Å². The smallest absolute Gasteiger partial charge is 0.325 e. The van der Waals surface area contributed by atoms with Crippen LogP contribution in [0.25, 0.3) is 0 Å². The Hall–Kier alpha value is -2.38. The van der Waals surface area contributed by atoms with Crippen LogP contribution in [-0.2, 0) is 9.59 Å². The van der Waals surface area contributed by atoms with Crippen LogP contribution in [0.15, 0.2) is 10.6 Å². The Balaban J connectivity index is 1.71. The van der Waals surface area contributed by atoms with E-state index in [9.17, 15) is 14.4 Å². The highest BCUT2D eigenvalue weighted by Crippen LogP contribution is 2.32. The normalized spacial score (nSPS) is 22.0. The number of amides is 4. The summed E-state index contributed by atoms with van der Waals surface area (Å²) in [6.45, 7) is 2.14. The molecule has 3 rings (SSSR count). The number of aryl methyl sites for hydroxylation is 1. The van der Waals surface area contributed by atoms with E-state index in [4.69, 9.17) is 4.52 Å². The summed E-state index contributed by atoms with van der Waals surface area (Å²) in [7, 11) is 0. The number of hydrogen-bond acceptors (Lipinski definition) is 5. The lowest BCUT2D eigenvalue weighted by Gasteiger charge is -2.24. The van der Waals surface area contributed by atoms with Crippen LogP contribution in [0.2, 0.25) is 0 Å². The minimum Gasteiger partial charge on any atom is -0.359 e. The molecule has 4 amide bonds. The van der Waals surface area contributed by atoms with Crippen molar-refractivity contribution in [3.63, 3.8) is 0 Å². The Morgan fingerprint density at radius 1 is 1.52 bits per heavy atom. The highest BCUT2D eigenvalue weighted by atomic mass is 16.5. The van der Waals surface area contributed by atoms with E-state index in [0.717, 1.165) is 23.4 Å². The number of nitrogens with one attached hydrogen (secondary N) is 1. The van der Waals surface area contributed by atoms with Crippen LogP contribution >= 0.6 is 0 Å². The topological polar surface area (TPSA) is 95.8 Å². The van der Waals surface area contributed by atoms with Crippen LogP contribution in [0.4, 0.5) is 4.79 Å². The molecule has 0 saturated carbocycles. The summed E-state index contributed by atoms with van der Waals surface area (Å²) in [6.07, 6.45) is 1.65. The van der Waals surface area contributed by atoms with Crippen molar-refractivity contribution in [2.75, 3.05) is 19.6 Å². The second-order valence-corrected chi connectivity index (χ2v) is 5.25. The monoisotopic (exact) mass is 292 g/mol. The number of carbonyl (C=O) groups excluding carboxylic acids is 3. The summed E-state index contributed by atoms with van der Waals surface area (Å²) in [5.74, 6) is 0.0205. The average molecular weight is 292 g/mol. The zero-order valence-corrected chi connectivity index (χ0v) is 11.7. The Morgan fingerprint density at radius 3 is 2.95 bits per heavy atom. The highest BCUT2D eigenvalue weighted by Gasteiger charge is 2.36. The molecule has 2 aliphatic heterocycles. The van der Waals surface area contributed by atoms with Crippen molar-refractivity contribution in [3.8, 4) is 0 Å². The van der Waals surface area contributed by atoms with Gasteiger partial charge in [-0.3, -0.25) is 14.5 Å². The molecule has 1 N–H and O–H groups in total. The maximum atomic E-state index is 12.4. The van der Waals surface area contributed by atoms with Crippen LogP contribution < -0.4 is 5.32 Å². The number of urea groups is 1. The van der Waals surface area contributed by atoms with Crippen molar-refractivity contribution in [1.29, 1.82) is 0 Å². The second-order valence-electron chi connectivity index (χ2n) is 5.25. The lowest BCUT2D eigenvalue weighted by atomic mass is 10.1. The van der Waals surface area contributed by atoms with Crippen molar-refractivity contribution in [2.24, 2.45) is 0 Å². The quantitative estimate of drug-likeness (QED) is 0.803. The first-order chi connectivity index (χ1) is 10.1. The van der Waals surface area contributed by atoms with Crippen LogP contribution in [0.1, 0.15) is 30.3 Å². The summed E-state index contributed by atoms with van der Waals surface area (Å²) >= 11 is 0. The molecule has 0 aromatic carbocycles. The number of aromatic nitrogens is 1. The molecule has 2 aliphatic rings. The Bertz CT molecular complexity index is 581. The fraction of sp³-hybridized carbons (Fsp3) is 0.538. The van der Waals surface area contributed by atoms with Gasteiger partial charge in [0.1, 0.15) is 6.54 Å². The van der Waals surface area contributed by atoms with Crippen molar-refractivity contribution >= 4 is 17.8 Å². The molecule has 112 valence electrons. The molecule has 0 bridgehead atoms. The van der Waals surface area contributed by atoms with Gasteiger partial charge >= 0.3 is 6.03 Å². The van der Waals surface area contributed by atoms with Gasteiger partial charge in [-0.2, -0.15) is 0 Å². The van der Waals surface area contributed by atoms with Gasteiger partial charge in [0.05, 0.1) is 18.3 Å². The molecule has 0 unspecified atom stereocenters. The lowest BCUT2D eigenvalue weighted by Crippen LogP contribution is -2.42. The van der Waals surface area contributed by atoms with Gasteiger partial charge in [0.2, 0.25) is 5.91 Å². The third-order valence-corrected chi connectivity index (χ3v) is 3.78. The number of rotatable bonds is 3. The van der Waals surface area contributed by atoms with Gasteiger partial charge in [-0.25, -0.2) is 4.79 Å². The summed E-state index contributed by atoms with van der Waals surface area (Å²) in [6, 6.07) is 1.13. The zero-order valence-electron chi connectivity index (χ0n) is 11.7. The minimum atomic E-state index is -0.514. The van der Waals surface area contributed by atoms with E-state index in [1.54, 1.807) is 4.90 Å². The van der Waals surface area contributed by atoms with E-state index >= 15 is 0 Å². The summed E-state index contributed by atoms with van der Waals surface area (Å²) in [4.78, 5) is 38.0. The van der Waals surface area contributed by atoms with E-state index < -0.39 is 6.03 Å². The van der Waals surface area contributed by atoms with Crippen molar-refractivity contribution in [1.82, 2.24) is 20.3 Å². The van der Waals surface area contributed by atoms with Gasteiger partial charge in [-0.1, -0.05) is 5.16 Å². The van der Waals surface area contributed by atoms with Gasteiger partial charge < -0.3 is 14.7 Å². The molecule has 1 atom stereocenters. The lowest BCUT2D eigenvalue weighted by molar-refractivity contribution is -0.137. The van der Waals surface area contributed by atoms with E-state index in [2.05, 4.69) is 10.5 Å². The fourth-order valence-electron chi connectivity index (χ4n) is 2.74. The van der Waals surface area contributed by atoms with E-state index in [-0.39, 0.29) is 30.9 Å². The molecular formula is C13H16N4O4. The molecular weight excluding hydrogens is 276 g/mol. The molecule has 21 heavy (non-hydrogen) atoms. The standard InChI is InChI=1S/C13H16N4O4/c1-8-5-10(21-15-8)9-3-2-4-16(9)12(19)7-17-11(18)6-14-13(17)20/h5,9H,2-4,6-7H2,1H3,(H,14,20)/t9-/m0/s1. The third kappa shape index (κ3) is 2.48. The molecule has 2 saturated heterocycles. The molecule has 8 heteroatoms. The fourth-order valence-corrected chi connectivity index (χ4v) is 2.74. The predicted molar refractivity (Wildman–Crippen MR) is 70.0 cm³/mol. The molecule has 1 aromatic heterocycles. The first-order valence-corrected chi connectivity index (χ1v) is 6.87. The van der Waals surface area contributed by atoms with Gasteiger partial charge in [0.25, 0.3) is 5.91 Å². The molecule has 1 aromatic rings. The Labute approximate surface area is 121 Å². The summed E-state index contributed by atoms with van der Waals surface area (Å²) < 4.78 is 5.24. The van der Waals surface area contributed by atoms with E-state index in [1.807, 2.05) is 13.0 Å². The van der Waals surface area contributed by atoms with Crippen molar-refractivity contribution in [2.45, 2.75) is 25.8 Å². The maximum Gasteiger partial charge on any atom is 0.325 e. The Morgan fingerprint density at radius 2 is 2.33 bits per heavy atom. The zero-order chi connectivity index (χ0) is 15.0. The number of hydrogen-bond donors (Lipinski definition) is 1. The minimum absolute atomic E-state index is 0.0448. The second kappa shape index (κ2) is 5.19. The first kappa shape index (κ1) is 13.6. The number of imide groups is 1. The summed E-state index contributed by atoms with van der Waals surface area (Å²) in [5.41, 5.74) is 0.762. The molecule has 3 heterocycles. The Kier molecular flexibility index (Phi) is 3.36. The van der Waals surface area contributed by atoms with Crippen LogP contribution in [0, 0.1) is 6.92 Å². The van der Waals surface area contributed by atoms with Crippen LogP contribution in [0.5, 0.6) is 0 Å². The largest absolute Gasteiger partial charge is 0.359 e. The SMILES string of the molecule is Cc1cc([C@@H]2CCCN2C(=O)CN2C(=O)CNC2=O)on1. The number of likely N-dealkylation sites (tertiary alicyclic amines) is 1. The molecule has 0 radical (unpaired) electrons. The average Bonchev–Trinajstić information content (AvgIpc) is 3.14. The molecule has 8 nitrogen and oxygen atoms in total. The van der Waals surface area contributed by atoms with Gasteiger partial charge in [-0.05, 0) is 19.8 Å². The third-order valence-electron chi connectivity index (χ3n) is 3.78. The molecule has 2 fully saturated rings. The molecule has 0 spiro atoms. The predicted octanol–water partition coefficient (Wildman–Crippen LogP) is 0.198. The first-order valence-electron chi connectivity index (χ1n) is 6.87. The van der Waals surface area contributed by atoms with Crippen LogP contribution in [0.3, 0.4) is 0 Å². The summed E-state index contributed by atoms with van der Waals surface area (Å²) in [5, 5.41) is 6.24. The highest BCUT2D eigenvalue weighted by molar-refractivity contribution is 6.04. The maximum absolute atomic E-state index is 12.4. The number of carbonyl (C=O) groups is 3. The van der Waals surface area contributed by atoms with E-state index in [0.29, 0.717) is 12.3 Å². The van der Waals surface area contributed by atoms with Crippen molar-refractivity contribution < 1.29 is 18.9 Å². The van der Waals surface area contributed by atoms with Gasteiger partial charge in [0, 0.05) is 12.6 Å². The number of nitrogens with zero attached hydrogens (tertiary/aromatic N) is 3. The van der Waals surface area contributed by atoms with Crippen LogP contribution in [-0.4, -0.2) is 52.4 Å². The molecule has 0 aliphatic carbocycles. The van der Waals surface area contributed by atoms with Gasteiger partial charge in [-0.15, -0.1) is 0 Å².